The Labute approximate surface area is 249 Å². The SMILES string of the molecule is CCn1nccc1C(=O)N[C@H](c1cn2nc(C[C@H]3C[C@@H](C(F)(F)F)CNC3=O)c(C3CNC3)nc2n1)C1CCC(F)(F)CC1. The lowest BCUT2D eigenvalue weighted by molar-refractivity contribution is -0.183. The summed E-state index contributed by atoms with van der Waals surface area (Å²) in [4.78, 5) is 35.3. The molecular weight excluding hydrogens is 589 g/mol. The predicted molar refractivity (Wildman–Crippen MR) is 146 cm³/mol. The molecule has 16 heteroatoms. The minimum absolute atomic E-state index is 0.0282. The predicted octanol–water partition coefficient (Wildman–Crippen LogP) is 3.18. The molecule has 6 rings (SSSR count). The van der Waals surface area contributed by atoms with Crippen LogP contribution in [0, 0.1) is 17.8 Å². The van der Waals surface area contributed by atoms with Crippen LogP contribution in [0.2, 0.25) is 0 Å². The van der Waals surface area contributed by atoms with Crippen molar-refractivity contribution in [3.63, 3.8) is 0 Å². The zero-order chi connectivity index (χ0) is 31.2. The fourth-order valence-electron chi connectivity index (χ4n) is 6.37. The summed E-state index contributed by atoms with van der Waals surface area (Å²) in [5.74, 6) is -6.41. The van der Waals surface area contributed by atoms with Gasteiger partial charge in [-0.2, -0.15) is 23.4 Å². The first kappa shape index (κ1) is 30.3. The van der Waals surface area contributed by atoms with E-state index < -0.39 is 48.3 Å². The van der Waals surface area contributed by atoms with Crippen molar-refractivity contribution >= 4 is 17.6 Å². The summed E-state index contributed by atoms with van der Waals surface area (Å²) in [6, 6.07) is 0.851. The van der Waals surface area contributed by atoms with Crippen molar-refractivity contribution in [2.45, 2.75) is 76.1 Å². The number of carbonyl (C=O) groups excluding carboxylic acids is 2. The van der Waals surface area contributed by atoms with Crippen LogP contribution in [-0.2, 0) is 17.8 Å². The second kappa shape index (κ2) is 11.7. The molecule has 3 N–H and O–H groups in total. The van der Waals surface area contributed by atoms with Crippen molar-refractivity contribution in [1.82, 2.24) is 45.3 Å². The molecule has 5 heterocycles. The average Bonchev–Trinajstić information content (AvgIpc) is 3.58. The second-order valence-corrected chi connectivity index (χ2v) is 12.0. The zero-order valence-corrected chi connectivity index (χ0v) is 24.1. The molecule has 1 saturated carbocycles. The maximum Gasteiger partial charge on any atom is 0.393 e. The summed E-state index contributed by atoms with van der Waals surface area (Å²) in [5, 5.41) is 17.3. The Hall–Kier alpha value is -3.69. The number of aryl methyl sites for hydroxylation is 1. The minimum atomic E-state index is -4.43. The number of hydrogen-bond acceptors (Lipinski definition) is 7. The van der Waals surface area contributed by atoms with E-state index in [1.165, 1.54) is 15.4 Å². The molecule has 11 nitrogen and oxygen atoms in total. The molecule has 3 aromatic heterocycles. The van der Waals surface area contributed by atoms with E-state index in [0.717, 1.165) is 0 Å². The summed E-state index contributed by atoms with van der Waals surface area (Å²) in [5.41, 5.74) is 1.67. The van der Waals surface area contributed by atoms with Gasteiger partial charge in [0, 0.05) is 63.5 Å². The molecule has 2 saturated heterocycles. The number of piperidine rings is 1. The van der Waals surface area contributed by atoms with E-state index in [1.54, 1.807) is 12.3 Å². The first-order valence-electron chi connectivity index (χ1n) is 14.9. The molecule has 238 valence electrons. The fourth-order valence-corrected chi connectivity index (χ4v) is 6.37. The Bertz CT molecular complexity index is 1520. The molecule has 3 aromatic rings. The largest absolute Gasteiger partial charge is 0.393 e. The topological polar surface area (TPSA) is 131 Å². The summed E-state index contributed by atoms with van der Waals surface area (Å²) in [6.07, 6.45) is -2.02. The summed E-state index contributed by atoms with van der Waals surface area (Å²) in [7, 11) is 0. The molecule has 3 atom stereocenters. The number of fused-ring (bicyclic) bond motifs is 1. The zero-order valence-electron chi connectivity index (χ0n) is 24.1. The van der Waals surface area contributed by atoms with Crippen molar-refractivity contribution in [2.24, 2.45) is 17.8 Å². The third kappa shape index (κ3) is 6.13. The van der Waals surface area contributed by atoms with Crippen LogP contribution in [0.5, 0.6) is 0 Å². The molecule has 0 spiro atoms. The van der Waals surface area contributed by atoms with Gasteiger partial charge in [-0.15, -0.1) is 0 Å². The second-order valence-electron chi connectivity index (χ2n) is 12.0. The van der Waals surface area contributed by atoms with E-state index in [9.17, 15) is 31.5 Å². The number of aromatic nitrogens is 6. The highest BCUT2D eigenvalue weighted by Crippen LogP contribution is 2.41. The average molecular weight is 624 g/mol. The molecular formula is C28H34F5N9O2. The quantitative estimate of drug-likeness (QED) is 0.329. The van der Waals surface area contributed by atoms with E-state index in [1.807, 2.05) is 6.92 Å². The first-order chi connectivity index (χ1) is 20.9. The first-order valence-corrected chi connectivity index (χ1v) is 14.9. The number of carbonyl (C=O) groups is 2. The summed E-state index contributed by atoms with van der Waals surface area (Å²) < 4.78 is 71.5. The molecule has 3 aliphatic rings. The summed E-state index contributed by atoms with van der Waals surface area (Å²) in [6.45, 7) is 3.04. The molecule has 0 unspecified atom stereocenters. The highest BCUT2D eigenvalue weighted by atomic mass is 19.4. The van der Waals surface area contributed by atoms with Crippen LogP contribution in [0.25, 0.3) is 5.78 Å². The van der Waals surface area contributed by atoms with Crippen LogP contribution in [0.1, 0.15) is 78.6 Å². The van der Waals surface area contributed by atoms with E-state index in [4.69, 9.17) is 4.98 Å². The summed E-state index contributed by atoms with van der Waals surface area (Å²) >= 11 is 0. The van der Waals surface area contributed by atoms with Gasteiger partial charge in [0.1, 0.15) is 5.69 Å². The maximum atomic E-state index is 14.1. The van der Waals surface area contributed by atoms with Gasteiger partial charge in [-0.3, -0.25) is 14.3 Å². The number of rotatable bonds is 8. The lowest BCUT2D eigenvalue weighted by Gasteiger charge is -2.33. The van der Waals surface area contributed by atoms with Crippen molar-refractivity contribution in [2.75, 3.05) is 19.6 Å². The van der Waals surface area contributed by atoms with Gasteiger partial charge in [-0.05, 0) is 38.2 Å². The highest BCUT2D eigenvalue weighted by Gasteiger charge is 2.45. The molecule has 2 amide bonds. The van der Waals surface area contributed by atoms with Gasteiger partial charge in [0.15, 0.2) is 0 Å². The Balaban J connectivity index is 1.33. The molecule has 44 heavy (non-hydrogen) atoms. The number of imidazole rings is 1. The number of hydrogen-bond donors (Lipinski definition) is 3. The van der Waals surface area contributed by atoms with Gasteiger partial charge in [0.05, 0.1) is 35.2 Å². The van der Waals surface area contributed by atoms with Crippen LogP contribution in [0.15, 0.2) is 18.5 Å². The number of nitrogens with one attached hydrogen (secondary N) is 3. The standard InChI is InChI=1S/C28H34F5N9O2/c1-2-41-21(5-8-36-41)25(44)38-22(15-3-6-27(29,30)7-4-15)20-14-42-26(37-20)39-23(17-11-34-12-17)19(40-42)10-16-9-18(28(31,32)33)13-35-24(16)43/h5,8,14-18,22,34H,2-4,6-7,9-13H2,1H3,(H,35,43)(H,38,44)/t16-,18-,22+/m1/s1. The van der Waals surface area contributed by atoms with E-state index in [-0.39, 0.29) is 56.1 Å². The molecule has 0 aromatic carbocycles. The third-order valence-corrected chi connectivity index (χ3v) is 9.05. The van der Waals surface area contributed by atoms with Gasteiger partial charge < -0.3 is 16.0 Å². The van der Waals surface area contributed by atoms with Crippen molar-refractivity contribution in [3.05, 3.63) is 41.2 Å². The molecule has 3 fully saturated rings. The lowest BCUT2D eigenvalue weighted by Crippen LogP contribution is -2.47. The third-order valence-electron chi connectivity index (χ3n) is 9.05. The van der Waals surface area contributed by atoms with E-state index in [0.29, 0.717) is 42.4 Å². The Morgan fingerprint density at radius 1 is 1.18 bits per heavy atom. The van der Waals surface area contributed by atoms with Crippen LogP contribution in [0.3, 0.4) is 0 Å². The van der Waals surface area contributed by atoms with Crippen LogP contribution < -0.4 is 16.0 Å². The van der Waals surface area contributed by atoms with Crippen molar-refractivity contribution in [1.29, 1.82) is 0 Å². The Morgan fingerprint density at radius 3 is 2.59 bits per heavy atom. The smallest absolute Gasteiger partial charge is 0.355 e. The van der Waals surface area contributed by atoms with Crippen LogP contribution in [-0.4, -0.2) is 72.9 Å². The highest BCUT2D eigenvalue weighted by molar-refractivity contribution is 5.92. The van der Waals surface area contributed by atoms with Gasteiger partial charge in [-0.1, -0.05) is 0 Å². The van der Waals surface area contributed by atoms with Crippen molar-refractivity contribution < 1.29 is 31.5 Å². The monoisotopic (exact) mass is 623 g/mol. The normalized spacial score (nSPS) is 23.7. The number of nitrogens with zero attached hydrogens (tertiary/aromatic N) is 6. The molecule has 2 aliphatic heterocycles. The number of alkyl halides is 5. The molecule has 0 radical (unpaired) electrons. The Kier molecular flexibility index (Phi) is 8.05. The number of halogens is 5. The molecule has 1 aliphatic carbocycles. The minimum Gasteiger partial charge on any atom is -0.355 e. The lowest BCUT2D eigenvalue weighted by atomic mass is 9.81. The Morgan fingerprint density at radius 2 is 1.93 bits per heavy atom. The van der Waals surface area contributed by atoms with Crippen LogP contribution >= 0.6 is 0 Å². The van der Waals surface area contributed by atoms with E-state index in [2.05, 4.69) is 31.1 Å². The fraction of sp³-hybridized carbons (Fsp3) is 0.643. The van der Waals surface area contributed by atoms with Gasteiger partial charge in [0.25, 0.3) is 11.7 Å². The van der Waals surface area contributed by atoms with Gasteiger partial charge >= 0.3 is 6.18 Å². The van der Waals surface area contributed by atoms with Crippen LogP contribution in [0.4, 0.5) is 22.0 Å². The van der Waals surface area contributed by atoms with Gasteiger partial charge in [-0.25, -0.2) is 23.3 Å². The molecule has 0 bridgehead atoms. The number of amides is 2. The van der Waals surface area contributed by atoms with E-state index >= 15 is 0 Å². The maximum absolute atomic E-state index is 14.1. The van der Waals surface area contributed by atoms with Gasteiger partial charge in [0.2, 0.25) is 11.8 Å². The van der Waals surface area contributed by atoms with Crippen molar-refractivity contribution in [3.8, 4) is 0 Å².